The van der Waals surface area contributed by atoms with E-state index >= 15 is 0 Å². The lowest BCUT2D eigenvalue weighted by molar-refractivity contribution is -0.139. The Morgan fingerprint density at radius 1 is 1.35 bits per heavy atom. The fourth-order valence-corrected chi connectivity index (χ4v) is 1.86. The second-order valence-electron chi connectivity index (χ2n) is 3.81. The van der Waals surface area contributed by atoms with Crippen molar-refractivity contribution in [2.45, 2.75) is 19.1 Å². The van der Waals surface area contributed by atoms with E-state index in [1.807, 2.05) is 0 Å². The zero-order valence-corrected chi connectivity index (χ0v) is 9.04. The second kappa shape index (κ2) is 4.37. The third kappa shape index (κ3) is 2.58. The van der Waals surface area contributed by atoms with Crippen LogP contribution < -0.4 is 5.73 Å². The summed E-state index contributed by atoms with van der Waals surface area (Å²) in [5.74, 6) is 0. The lowest BCUT2D eigenvalue weighted by atomic mass is 10.2. The van der Waals surface area contributed by atoms with Gasteiger partial charge in [-0.05, 0) is 30.7 Å². The van der Waals surface area contributed by atoms with Crippen molar-refractivity contribution in [3.63, 3.8) is 0 Å². The first kappa shape index (κ1) is 11.9. The van der Waals surface area contributed by atoms with Gasteiger partial charge in [0.1, 0.15) is 12.2 Å². The van der Waals surface area contributed by atoms with Gasteiger partial charge < -0.3 is 10.3 Å². The predicted molar refractivity (Wildman–Crippen MR) is 58.5 cm³/mol. The molecule has 0 amide bonds. The summed E-state index contributed by atoms with van der Waals surface area (Å²) in [5, 5.41) is 0.738. The Morgan fingerprint density at radius 3 is 2.76 bits per heavy atom. The van der Waals surface area contributed by atoms with Crippen LogP contribution in [0.4, 0.5) is 13.2 Å². The van der Waals surface area contributed by atoms with Gasteiger partial charge in [-0.1, -0.05) is 0 Å². The number of alkyl halides is 3. The number of hydrogen-bond donors (Lipinski definition) is 1. The highest BCUT2D eigenvalue weighted by Gasteiger charge is 2.29. The van der Waals surface area contributed by atoms with Gasteiger partial charge in [-0.2, -0.15) is 13.2 Å². The van der Waals surface area contributed by atoms with E-state index in [4.69, 9.17) is 5.73 Å². The van der Waals surface area contributed by atoms with Gasteiger partial charge in [0.2, 0.25) is 0 Å². The number of fused-ring (bicyclic) bond motifs is 1. The van der Waals surface area contributed by atoms with E-state index in [-0.39, 0.29) is 0 Å². The van der Waals surface area contributed by atoms with Crippen LogP contribution in [0.25, 0.3) is 11.0 Å². The average Bonchev–Trinajstić information content (AvgIpc) is 2.56. The van der Waals surface area contributed by atoms with Crippen molar-refractivity contribution in [1.82, 2.24) is 9.55 Å². The molecular formula is C11H12F3N3. The molecule has 6 heteroatoms. The molecule has 2 N–H and O–H groups in total. The maximum absolute atomic E-state index is 12.4. The molecule has 0 aromatic carbocycles. The van der Waals surface area contributed by atoms with Gasteiger partial charge in [0.05, 0.1) is 0 Å². The van der Waals surface area contributed by atoms with E-state index < -0.39 is 12.7 Å². The minimum absolute atomic E-state index is 0.355. The quantitative estimate of drug-likeness (QED) is 0.897. The zero-order chi connectivity index (χ0) is 12.5. The lowest BCUT2D eigenvalue weighted by Gasteiger charge is -2.07. The molecule has 2 rings (SSSR count). The summed E-state index contributed by atoms with van der Waals surface area (Å²) in [5.41, 5.74) is 6.60. The van der Waals surface area contributed by atoms with Crippen molar-refractivity contribution in [3.8, 4) is 0 Å². The molecule has 0 spiro atoms. The summed E-state index contributed by atoms with van der Waals surface area (Å²) in [6.45, 7) is -0.620. The number of hydrogen-bond acceptors (Lipinski definition) is 2. The molecule has 0 unspecified atom stereocenters. The highest BCUT2D eigenvalue weighted by molar-refractivity contribution is 5.80. The second-order valence-corrected chi connectivity index (χ2v) is 3.81. The van der Waals surface area contributed by atoms with Crippen molar-refractivity contribution in [2.75, 3.05) is 6.54 Å². The summed E-state index contributed by atoms with van der Waals surface area (Å²) in [7, 11) is 0. The van der Waals surface area contributed by atoms with E-state index in [2.05, 4.69) is 4.98 Å². The summed E-state index contributed by atoms with van der Waals surface area (Å²) in [6.07, 6.45) is -0.726. The van der Waals surface area contributed by atoms with Crippen LogP contribution in [-0.4, -0.2) is 22.3 Å². The standard InChI is InChI=1S/C11H12F3N3/c12-11(13,14)7-17-6-8(3-4-15)9-2-1-5-16-10(9)17/h1-2,5-6H,3-4,7,15H2. The molecule has 3 nitrogen and oxygen atoms in total. The van der Waals surface area contributed by atoms with Gasteiger partial charge in [0, 0.05) is 17.8 Å². The number of pyridine rings is 1. The highest BCUT2D eigenvalue weighted by atomic mass is 19.4. The van der Waals surface area contributed by atoms with E-state index in [0.717, 1.165) is 15.5 Å². The number of halogens is 3. The molecule has 92 valence electrons. The van der Waals surface area contributed by atoms with Crippen molar-refractivity contribution in [3.05, 3.63) is 30.1 Å². The van der Waals surface area contributed by atoms with Crippen molar-refractivity contribution < 1.29 is 13.2 Å². The Kier molecular flexibility index (Phi) is 3.06. The number of aromatic nitrogens is 2. The Hall–Kier alpha value is -1.56. The van der Waals surface area contributed by atoms with Crippen molar-refractivity contribution >= 4 is 11.0 Å². The zero-order valence-electron chi connectivity index (χ0n) is 9.04. The summed E-state index contributed by atoms with van der Waals surface area (Å²) >= 11 is 0. The van der Waals surface area contributed by atoms with Crippen LogP contribution >= 0.6 is 0 Å². The SMILES string of the molecule is NCCc1cn(CC(F)(F)F)c2ncccc12. The number of rotatable bonds is 3. The molecule has 0 bridgehead atoms. The molecule has 17 heavy (non-hydrogen) atoms. The summed E-state index contributed by atoms with van der Waals surface area (Å²) < 4.78 is 38.3. The van der Waals surface area contributed by atoms with Crippen LogP contribution in [0.15, 0.2) is 24.5 Å². The molecule has 0 radical (unpaired) electrons. The topological polar surface area (TPSA) is 43.8 Å². The third-order valence-corrected chi connectivity index (χ3v) is 2.48. The van der Waals surface area contributed by atoms with Gasteiger partial charge in [-0.3, -0.25) is 0 Å². The van der Waals surface area contributed by atoms with Gasteiger partial charge in [0.15, 0.2) is 0 Å². The maximum Gasteiger partial charge on any atom is 0.406 e. The molecular weight excluding hydrogens is 231 g/mol. The minimum Gasteiger partial charge on any atom is -0.330 e. The molecule has 0 aliphatic carbocycles. The van der Waals surface area contributed by atoms with Gasteiger partial charge in [0.25, 0.3) is 0 Å². The minimum atomic E-state index is -4.25. The van der Waals surface area contributed by atoms with E-state index in [1.54, 1.807) is 12.1 Å². The first-order valence-electron chi connectivity index (χ1n) is 5.21. The van der Waals surface area contributed by atoms with Crippen LogP contribution in [-0.2, 0) is 13.0 Å². The third-order valence-electron chi connectivity index (χ3n) is 2.48. The fraction of sp³-hybridized carbons (Fsp3) is 0.364. The molecule has 0 saturated heterocycles. The Labute approximate surface area is 96.0 Å². The highest BCUT2D eigenvalue weighted by Crippen LogP contribution is 2.24. The van der Waals surface area contributed by atoms with Crippen molar-refractivity contribution in [2.24, 2.45) is 5.73 Å². The largest absolute Gasteiger partial charge is 0.406 e. The van der Waals surface area contributed by atoms with Crippen LogP contribution in [0.2, 0.25) is 0 Å². The molecule has 0 atom stereocenters. The van der Waals surface area contributed by atoms with Crippen molar-refractivity contribution in [1.29, 1.82) is 0 Å². The Balaban J connectivity index is 2.48. The van der Waals surface area contributed by atoms with E-state index in [0.29, 0.717) is 18.6 Å². The molecule has 0 fully saturated rings. The summed E-state index contributed by atoms with van der Waals surface area (Å²) in [4.78, 5) is 3.99. The Morgan fingerprint density at radius 2 is 2.12 bits per heavy atom. The van der Waals surface area contributed by atoms with Crippen LogP contribution in [0.5, 0.6) is 0 Å². The number of nitrogens with zero attached hydrogens (tertiary/aromatic N) is 2. The Bertz CT molecular complexity index is 516. The van der Waals surface area contributed by atoms with Crippen LogP contribution in [0, 0.1) is 0 Å². The first-order chi connectivity index (χ1) is 8.01. The smallest absolute Gasteiger partial charge is 0.330 e. The van der Waals surface area contributed by atoms with Gasteiger partial charge in [-0.15, -0.1) is 0 Å². The maximum atomic E-state index is 12.4. The molecule has 2 heterocycles. The molecule has 2 aromatic heterocycles. The molecule has 2 aromatic rings. The molecule has 0 saturated carbocycles. The van der Waals surface area contributed by atoms with E-state index in [1.165, 1.54) is 12.4 Å². The summed E-state index contributed by atoms with van der Waals surface area (Å²) in [6, 6.07) is 3.47. The van der Waals surface area contributed by atoms with Crippen LogP contribution in [0.3, 0.4) is 0 Å². The first-order valence-corrected chi connectivity index (χ1v) is 5.21. The molecule has 0 aliphatic heterocycles. The van der Waals surface area contributed by atoms with Crippen LogP contribution in [0.1, 0.15) is 5.56 Å². The number of nitrogens with two attached hydrogens (primary N) is 1. The fourth-order valence-electron chi connectivity index (χ4n) is 1.86. The lowest BCUT2D eigenvalue weighted by Crippen LogP contribution is -2.17. The monoisotopic (exact) mass is 243 g/mol. The van der Waals surface area contributed by atoms with Gasteiger partial charge >= 0.3 is 6.18 Å². The van der Waals surface area contributed by atoms with Gasteiger partial charge in [-0.25, -0.2) is 4.98 Å². The molecule has 0 aliphatic rings. The predicted octanol–water partition coefficient (Wildman–Crippen LogP) is 2.10. The normalized spacial score (nSPS) is 12.2. The average molecular weight is 243 g/mol. The van der Waals surface area contributed by atoms with E-state index in [9.17, 15) is 13.2 Å².